The second kappa shape index (κ2) is 8.21. The first-order valence-electron chi connectivity index (χ1n) is 7.67. The largest absolute Gasteiger partial charge is 0.497 e. The van der Waals surface area contributed by atoms with E-state index in [1.165, 1.54) is 7.11 Å². The van der Waals surface area contributed by atoms with Crippen molar-refractivity contribution in [3.8, 4) is 5.75 Å². The number of aliphatic hydroxyl groups excluding tert-OH is 5. The third-order valence-corrected chi connectivity index (χ3v) is 4.10. The maximum Gasteiger partial charge on any atom is 0.187 e. The molecule has 0 spiro atoms. The maximum atomic E-state index is 10.3. The molecule has 7 atom stereocenters. The molecule has 1 heterocycles. The molecule has 0 bridgehead atoms. The number of benzene rings is 1. The van der Waals surface area contributed by atoms with Gasteiger partial charge in [0.05, 0.1) is 19.8 Å². The van der Waals surface area contributed by atoms with E-state index < -0.39 is 49.5 Å². The molecule has 2 rings (SSSR count). The predicted molar refractivity (Wildman–Crippen MR) is 82.3 cm³/mol. The van der Waals surface area contributed by atoms with Crippen LogP contribution in [0, 0.1) is 0 Å². The van der Waals surface area contributed by atoms with Gasteiger partial charge in [0.25, 0.3) is 0 Å². The summed E-state index contributed by atoms with van der Waals surface area (Å²) in [5.41, 5.74) is 0.577. The Morgan fingerprint density at radius 2 is 1.71 bits per heavy atom. The van der Waals surface area contributed by atoms with E-state index in [9.17, 15) is 20.4 Å². The Kier molecular flexibility index (Phi) is 6.53. The van der Waals surface area contributed by atoms with Gasteiger partial charge in [-0.15, -0.1) is 0 Å². The zero-order valence-corrected chi connectivity index (χ0v) is 13.5. The summed E-state index contributed by atoms with van der Waals surface area (Å²) < 4.78 is 15.8. The average Bonchev–Trinajstić information content (AvgIpc) is 2.61. The lowest BCUT2D eigenvalue weighted by molar-refractivity contribution is -0.315. The summed E-state index contributed by atoms with van der Waals surface area (Å²) in [6.07, 6.45) is -8.61. The summed E-state index contributed by atoms with van der Waals surface area (Å²) in [7, 11) is 1.54. The van der Waals surface area contributed by atoms with Gasteiger partial charge in [-0.05, 0) is 24.6 Å². The van der Waals surface area contributed by atoms with Crippen molar-refractivity contribution < 1.29 is 39.7 Å². The van der Waals surface area contributed by atoms with E-state index in [0.717, 1.165) is 0 Å². The van der Waals surface area contributed by atoms with Gasteiger partial charge in [0.15, 0.2) is 6.29 Å². The molecule has 0 amide bonds. The Labute approximate surface area is 139 Å². The molecule has 0 saturated carbocycles. The van der Waals surface area contributed by atoms with Gasteiger partial charge in [0.1, 0.15) is 36.3 Å². The van der Waals surface area contributed by atoms with Crippen molar-refractivity contribution in [2.45, 2.75) is 49.8 Å². The van der Waals surface area contributed by atoms with E-state index in [1.54, 1.807) is 31.2 Å². The second-order valence-corrected chi connectivity index (χ2v) is 5.76. The molecule has 1 fully saturated rings. The molecular formula is C16H24O8. The van der Waals surface area contributed by atoms with Crippen molar-refractivity contribution in [3.63, 3.8) is 0 Å². The monoisotopic (exact) mass is 344 g/mol. The standard InChI is InChI=1S/C16H24O8/c1-8(12(18)9-3-5-10(22-2)6-4-9)23-16-15(21)14(20)13(19)11(7-17)24-16/h3-6,8,11-21H,7H2,1-2H3/t8-,11+,12+,13+,14-,15+,16+/m1/s1. The highest BCUT2D eigenvalue weighted by Crippen LogP contribution is 2.27. The lowest BCUT2D eigenvalue weighted by Gasteiger charge is -2.41. The van der Waals surface area contributed by atoms with Gasteiger partial charge in [0.2, 0.25) is 0 Å². The van der Waals surface area contributed by atoms with Gasteiger partial charge >= 0.3 is 0 Å². The molecule has 0 radical (unpaired) electrons. The fraction of sp³-hybridized carbons (Fsp3) is 0.625. The zero-order valence-electron chi connectivity index (χ0n) is 13.5. The van der Waals surface area contributed by atoms with Crippen LogP contribution in [-0.4, -0.2) is 76.1 Å². The van der Waals surface area contributed by atoms with Crippen molar-refractivity contribution in [2.24, 2.45) is 0 Å². The minimum atomic E-state index is -1.52. The molecule has 1 aliphatic rings. The van der Waals surface area contributed by atoms with Crippen LogP contribution in [0.5, 0.6) is 5.75 Å². The van der Waals surface area contributed by atoms with Crippen LogP contribution in [0.3, 0.4) is 0 Å². The van der Waals surface area contributed by atoms with Crippen molar-refractivity contribution in [3.05, 3.63) is 29.8 Å². The van der Waals surface area contributed by atoms with Crippen molar-refractivity contribution in [1.82, 2.24) is 0 Å². The summed E-state index contributed by atoms with van der Waals surface area (Å²) >= 11 is 0. The zero-order chi connectivity index (χ0) is 17.9. The van der Waals surface area contributed by atoms with Crippen LogP contribution in [0.2, 0.25) is 0 Å². The summed E-state index contributed by atoms with van der Waals surface area (Å²) in [4.78, 5) is 0. The summed E-state index contributed by atoms with van der Waals surface area (Å²) in [6, 6.07) is 6.74. The summed E-state index contributed by atoms with van der Waals surface area (Å²) in [5.74, 6) is 0.647. The number of methoxy groups -OCH3 is 1. The second-order valence-electron chi connectivity index (χ2n) is 5.76. The summed E-state index contributed by atoms with van der Waals surface area (Å²) in [6.45, 7) is 1.04. The minimum absolute atomic E-state index is 0.541. The molecule has 8 heteroatoms. The molecule has 0 aliphatic carbocycles. The van der Waals surface area contributed by atoms with Crippen LogP contribution < -0.4 is 4.74 Å². The lowest BCUT2D eigenvalue weighted by Crippen LogP contribution is -2.59. The Morgan fingerprint density at radius 1 is 1.08 bits per heavy atom. The van der Waals surface area contributed by atoms with Gasteiger partial charge in [0, 0.05) is 0 Å². The Morgan fingerprint density at radius 3 is 2.25 bits per heavy atom. The fourth-order valence-electron chi connectivity index (χ4n) is 2.54. The average molecular weight is 344 g/mol. The van der Waals surface area contributed by atoms with Gasteiger partial charge in [-0.3, -0.25) is 0 Å². The van der Waals surface area contributed by atoms with Crippen molar-refractivity contribution in [2.75, 3.05) is 13.7 Å². The van der Waals surface area contributed by atoms with E-state index in [2.05, 4.69) is 0 Å². The normalized spacial score (nSPS) is 33.0. The topological polar surface area (TPSA) is 129 Å². The van der Waals surface area contributed by atoms with E-state index >= 15 is 0 Å². The predicted octanol–water partition coefficient (Wildman–Crippen LogP) is -1.07. The first kappa shape index (κ1) is 19.1. The molecule has 8 nitrogen and oxygen atoms in total. The van der Waals surface area contributed by atoms with Crippen molar-refractivity contribution >= 4 is 0 Å². The van der Waals surface area contributed by atoms with E-state index in [-0.39, 0.29) is 0 Å². The van der Waals surface area contributed by atoms with Gasteiger partial charge < -0.3 is 39.7 Å². The number of ether oxygens (including phenoxy) is 3. The summed E-state index contributed by atoms with van der Waals surface area (Å²) in [5, 5.41) is 48.9. The fourth-order valence-corrected chi connectivity index (χ4v) is 2.54. The van der Waals surface area contributed by atoms with Crippen LogP contribution in [0.25, 0.3) is 0 Å². The Bertz CT molecular complexity index is 505. The van der Waals surface area contributed by atoms with Gasteiger partial charge in [-0.2, -0.15) is 0 Å². The van der Waals surface area contributed by atoms with Crippen LogP contribution in [0.4, 0.5) is 0 Å². The highest BCUT2D eigenvalue weighted by molar-refractivity contribution is 5.28. The SMILES string of the molecule is COc1ccc([C@@H](O)[C@@H](C)O[C@H]2O[C@@H](CO)[C@H](O)[C@@H](O)[C@@H]2O)cc1. The highest BCUT2D eigenvalue weighted by Gasteiger charge is 2.44. The molecule has 0 aromatic heterocycles. The molecule has 1 aromatic carbocycles. The van der Waals surface area contributed by atoms with Gasteiger partial charge in [-0.1, -0.05) is 12.1 Å². The third-order valence-electron chi connectivity index (χ3n) is 4.10. The molecule has 1 aromatic rings. The molecular weight excluding hydrogens is 320 g/mol. The molecule has 136 valence electrons. The maximum absolute atomic E-state index is 10.3. The van der Waals surface area contributed by atoms with Crippen molar-refractivity contribution in [1.29, 1.82) is 0 Å². The molecule has 0 unspecified atom stereocenters. The van der Waals surface area contributed by atoms with E-state index in [0.29, 0.717) is 11.3 Å². The quantitative estimate of drug-likeness (QED) is 0.441. The number of rotatable bonds is 6. The van der Waals surface area contributed by atoms with Crippen LogP contribution >= 0.6 is 0 Å². The molecule has 5 N–H and O–H groups in total. The lowest BCUT2D eigenvalue weighted by atomic mass is 9.99. The smallest absolute Gasteiger partial charge is 0.187 e. The highest BCUT2D eigenvalue weighted by atomic mass is 16.7. The van der Waals surface area contributed by atoms with Gasteiger partial charge in [-0.25, -0.2) is 0 Å². The van der Waals surface area contributed by atoms with E-state index in [1.807, 2.05) is 0 Å². The van der Waals surface area contributed by atoms with Crippen LogP contribution in [0.15, 0.2) is 24.3 Å². The van der Waals surface area contributed by atoms with Crippen LogP contribution in [-0.2, 0) is 9.47 Å². The van der Waals surface area contributed by atoms with Crippen LogP contribution in [0.1, 0.15) is 18.6 Å². The third kappa shape index (κ3) is 4.04. The molecule has 1 aliphatic heterocycles. The number of aliphatic hydroxyl groups is 5. The number of hydrogen-bond donors (Lipinski definition) is 5. The number of hydrogen-bond acceptors (Lipinski definition) is 8. The molecule has 24 heavy (non-hydrogen) atoms. The Balaban J connectivity index is 2.02. The minimum Gasteiger partial charge on any atom is -0.497 e. The van der Waals surface area contributed by atoms with E-state index in [4.69, 9.17) is 19.3 Å². The molecule has 1 saturated heterocycles. The first-order valence-corrected chi connectivity index (χ1v) is 7.67. The first-order chi connectivity index (χ1) is 11.4. The Hall–Kier alpha value is -1.26.